The number of nitro groups is 1. The van der Waals surface area contributed by atoms with Gasteiger partial charge in [-0.3, -0.25) is 14.9 Å². The Morgan fingerprint density at radius 2 is 1.73 bits per heavy atom. The summed E-state index contributed by atoms with van der Waals surface area (Å²) in [4.78, 5) is 41.3. The number of benzene rings is 4. The molecule has 10 heteroatoms. The van der Waals surface area contributed by atoms with E-state index in [1.807, 2.05) is 26.0 Å². The minimum absolute atomic E-state index is 0.0847. The van der Waals surface area contributed by atoms with E-state index >= 15 is 0 Å². The van der Waals surface area contributed by atoms with E-state index < -0.39 is 16.5 Å². The molecule has 1 heterocycles. The molecule has 0 saturated heterocycles. The summed E-state index contributed by atoms with van der Waals surface area (Å²) in [6, 6.07) is 24.5. The lowest BCUT2D eigenvalue weighted by atomic mass is 10.1. The molecule has 0 spiro atoms. The van der Waals surface area contributed by atoms with Crippen molar-refractivity contribution in [2.45, 2.75) is 13.8 Å². The van der Waals surface area contributed by atoms with E-state index in [1.165, 1.54) is 30.5 Å². The van der Waals surface area contributed by atoms with E-state index in [9.17, 15) is 19.7 Å². The van der Waals surface area contributed by atoms with Gasteiger partial charge in [0, 0.05) is 17.7 Å². The largest absolute Gasteiger partial charge is 0.490 e. The van der Waals surface area contributed by atoms with Crippen LogP contribution in [0.1, 0.15) is 28.4 Å². The van der Waals surface area contributed by atoms with Crippen molar-refractivity contribution < 1.29 is 19.2 Å². The van der Waals surface area contributed by atoms with Crippen molar-refractivity contribution in [3.05, 3.63) is 128 Å². The Morgan fingerprint density at radius 3 is 2.44 bits per heavy atom. The minimum atomic E-state index is -0.520. The van der Waals surface area contributed by atoms with E-state index in [0.717, 1.165) is 10.2 Å². The quantitative estimate of drug-likeness (QED) is 0.0791. The molecule has 5 rings (SSSR count). The van der Waals surface area contributed by atoms with Crippen LogP contribution >= 0.6 is 0 Å². The first kappa shape index (κ1) is 26.9. The van der Waals surface area contributed by atoms with Crippen LogP contribution in [0.4, 0.5) is 5.69 Å². The molecule has 10 nitrogen and oxygen atoms in total. The lowest BCUT2D eigenvalue weighted by Crippen LogP contribution is -2.20. The number of para-hydroxylation sites is 1. The standard InChI is InChI=1S/C31H24N4O6/c1-3-40-28-18-21(10-17-27(28)41-31(37)23-11-8-20(2)9-12-23)19-32-34-29(22-13-15-24(16-14-22)35(38)39)33-26-7-5-4-6-25(26)30(34)36/h4-19H,3H2,1-2H3. The number of hydrogen-bond acceptors (Lipinski definition) is 8. The highest BCUT2D eigenvalue weighted by molar-refractivity contribution is 5.91. The van der Waals surface area contributed by atoms with E-state index in [0.29, 0.717) is 39.9 Å². The number of esters is 1. The summed E-state index contributed by atoms with van der Waals surface area (Å²) in [5.41, 5.74) is 2.45. The summed E-state index contributed by atoms with van der Waals surface area (Å²) in [6.45, 7) is 4.07. The van der Waals surface area contributed by atoms with Gasteiger partial charge in [-0.05, 0) is 74.0 Å². The Morgan fingerprint density at radius 1 is 1.00 bits per heavy atom. The van der Waals surface area contributed by atoms with Gasteiger partial charge in [-0.15, -0.1) is 0 Å². The highest BCUT2D eigenvalue weighted by Gasteiger charge is 2.16. The molecule has 204 valence electrons. The average Bonchev–Trinajstić information content (AvgIpc) is 2.98. The molecule has 0 bridgehead atoms. The number of carbonyl (C=O) groups excluding carboxylic acids is 1. The fraction of sp³-hybridized carbons (Fsp3) is 0.0968. The van der Waals surface area contributed by atoms with Crippen molar-refractivity contribution >= 4 is 28.8 Å². The van der Waals surface area contributed by atoms with Crippen molar-refractivity contribution in [2.24, 2.45) is 5.10 Å². The van der Waals surface area contributed by atoms with Crippen LogP contribution in [0.25, 0.3) is 22.3 Å². The third-order valence-electron chi connectivity index (χ3n) is 6.17. The Bertz CT molecular complexity index is 1840. The maximum Gasteiger partial charge on any atom is 0.343 e. The van der Waals surface area contributed by atoms with Gasteiger partial charge in [0.2, 0.25) is 0 Å². The predicted octanol–water partition coefficient (Wildman–Crippen LogP) is 5.78. The number of carbonyl (C=O) groups is 1. The number of aryl methyl sites for hydroxylation is 1. The van der Waals surface area contributed by atoms with Crippen molar-refractivity contribution in [3.8, 4) is 22.9 Å². The van der Waals surface area contributed by atoms with Crippen molar-refractivity contribution in [3.63, 3.8) is 0 Å². The lowest BCUT2D eigenvalue weighted by Gasteiger charge is -2.12. The molecular formula is C31H24N4O6. The van der Waals surface area contributed by atoms with E-state index in [2.05, 4.69) is 10.1 Å². The molecule has 41 heavy (non-hydrogen) atoms. The van der Waals surface area contributed by atoms with Crippen LogP contribution in [0.5, 0.6) is 11.5 Å². The molecule has 0 radical (unpaired) electrons. The van der Waals surface area contributed by atoms with Crippen molar-refractivity contribution in [2.75, 3.05) is 6.61 Å². The summed E-state index contributed by atoms with van der Waals surface area (Å²) in [5.74, 6) is 0.268. The maximum atomic E-state index is 13.4. The van der Waals surface area contributed by atoms with Crippen LogP contribution in [0.2, 0.25) is 0 Å². The minimum Gasteiger partial charge on any atom is -0.490 e. The topological polar surface area (TPSA) is 126 Å². The number of aromatic nitrogens is 2. The third kappa shape index (κ3) is 5.86. The monoisotopic (exact) mass is 548 g/mol. The zero-order valence-electron chi connectivity index (χ0n) is 22.2. The first-order valence-electron chi connectivity index (χ1n) is 12.7. The number of ether oxygens (including phenoxy) is 2. The summed E-state index contributed by atoms with van der Waals surface area (Å²) in [7, 11) is 0. The highest BCUT2D eigenvalue weighted by Crippen LogP contribution is 2.29. The fourth-order valence-electron chi connectivity index (χ4n) is 4.08. The van der Waals surface area contributed by atoms with Crippen LogP contribution in [0.15, 0.2) is 101 Å². The summed E-state index contributed by atoms with van der Waals surface area (Å²) in [6.07, 6.45) is 1.46. The molecule has 0 aliphatic heterocycles. The average molecular weight is 549 g/mol. The Balaban J connectivity index is 1.52. The second-order valence-electron chi connectivity index (χ2n) is 9.01. The zero-order chi connectivity index (χ0) is 28.9. The molecule has 0 unspecified atom stereocenters. The molecule has 0 N–H and O–H groups in total. The van der Waals surface area contributed by atoms with Gasteiger partial charge >= 0.3 is 5.97 Å². The maximum absolute atomic E-state index is 13.4. The predicted molar refractivity (Wildman–Crippen MR) is 155 cm³/mol. The lowest BCUT2D eigenvalue weighted by molar-refractivity contribution is -0.384. The van der Waals surface area contributed by atoms with E-state index in [1.54, 1.807) is 54.6 Å². The first-order valence-corrected chi connectivity index (χ1v) is 12.7. The molecule has 0 aliphatic carbocycles. The molecule has 0 atom stereocenters. The molecule has 0 saturated carbocycles. The number of hydrogen-bond donors (Lipinski definition) is 0. The molecular weight excluding hydrogens is 524 g/mol. The Kier molecular flexibility index (Phi) is 7.64. The number of nitro benzene ring substituents is 1. The molecule has 5 aromatic rings. The third-order valence-corrected chi connectivity index (χ3v) is 6.17. The van der Waals surface area contributed by atoms with Crippen LogP contribution in [-0.4, -0.2) is 33.4 Å². The van der Waals surface area contributed by atoms with Gasteiger partial charge < -0.3 is 9.47 Å². The van der Waals surface area contributed by atoms with Gasteiger partial charge in [0.25, 0.3) is 11.2 Å². The number of non-ortho nitro benzene ring substituents is 1. The van der Waals surface area contributed by atoms with E-state index in [4.69, 9.17) is 9.47 Å². The first-order chi connectivity index (χ1) is 19.8. The summed E-state index contributed by atoms with van der Waals surface area (Å²) >= 11 is 0. The second-order valence-corrected chi connectivity index (χ2v) is 9.01. The van der Waals surface area contributed by atoms with Gasteiger partial charge in [-0.2, -0.15) is 9.78 Å². The smallest absolute Gasteiger partial charge is 0.343 e. The zero-order valence-corrected chi connectivity index (χ0v) is 22.2. The Hall–Kier alpha value is -5.64. The van der Waals surface area contributed by atoms with Gasteiger partial charge in [0.1, 0.15) is 0 Å². The SMILES string of the molecule is CCOc1cc(C=Nn2c(-c3ccc([N+](=O)[O-])cc3)nc3ccccc3c2=O)ccc1OC(=O)c1ccc(C)cc1. The van der Waals surface area contributed by atoms with Crippen LogP contribution in [0, 0.1) is 17.0 Å². The van der Waals surface area contributed by atoms with Crippen LogP contribution < -0.4 is 15.0 Å². The van der Waals surface area contributed by atoms with Crippen LogP contribution in [-0.2, 0) is 0 Å². The second kappa shape index (κ2) is 11.6. The molecule has 0 aliphatic rings. The van der Waals surface area contributed by atoms with Crippen molar-refractivity contribution in [1.29, 1.82) is 0 Å². The van der Waals surface area contributed by atoms with Crippen molar-refractivity contribution in [1.82, 2.24) is 9.66 Å². The number of nitrogens with zero attached hydrogens (tertiary/aromatic N) is 4. The molecule has 4 aromatic carbocycles. The molecule has 1 aromatic heterocycles. The normalized spacial score (nSPS) is 11.1. The number of fused-ring (bicyclic) bond motifs is 1. The van der Waals surface area contributed by atoms with Gasteiger partial charge in [0.05, 0.1) is 34.2 Å². The van der Waals surface area contributed by atoms with E-state index in [-0.39, 0.29) is 17.3 Å². The van der Waals surface area contributed by atoms with Gasteiger partial charge in [-0.25, -0.2) is 9.78 Å². The Labute approximate surface area is 234 Å². The van der Waals surface area contributed by atoms with Gasteiger partial charge in [0.15, 0.2) is 17.3 Å². The summed E-state index contributed by atoms with van der Waals surface area (Å²) < 4.78 is 12.5. The molecule has 0 amide bonds. The molecule has 0 fully saturated rings. The number of rotatable bonds is 8. The fourth-order valence-corrected chi connectivity index (χ4v) is 4.08. The summed E-state index contributed by atoms with van der Waals surface area (Å²) in [5, 5.41) is 15.9. The highest BCUT2D eigenvalue weighted by atomic mass is 16.6. The van der Waals surface area contributed by atoms with Gasteiger partial charge in [-0.1, -0.05) is 29.8 Å². The van der Waals surface area contributed by atoms with Crippen LogP contribution in [0.3, 0.4) is 0 Å².